The van der Waals surface area contributed by atoms with Crippen molar-refractivity contribution in [3.05, 3.63) is 77.5 Å². The van der Waals surface area contributed by atoms with Gasteiger partial charge in [-0.2, -0.15) is 5.10 Å². The van der Waals surface area contributed by atoms with Crippen molar-refractivity contribution < 1.29 is 9.53 Å². The first kappa shape index (κ1) is 21.8. The molecule has 3 aromatic carbocycles. The summed E-state index contributed by atoms with van der Waals surface area (Å²) in [5, 5.41) is 7.39. The van der Waals surface area contributed by atoms with Crippen molar-refractivity contribution in [1.82, 2.24) is 10.4 Å². The number of nitrogens with zero attached hydrogens (tertiary/aromatic N) is 2. The zero-order chi connectivity index (χ0) is 22.5. The van der Waals surface area contributed by atoms with Crippen molar-refractivity contribution >= 4 is 45.6 Å². The van der Waals surface area contributed by atoms with Crippen LogP contribution in [0.4, 0.5) is 0 Å². The SMILES string of the molecule is CCOc1ccc2ccccc2c1C=NNC(=O)CSc1cc(C)nc2c(C)cccc12. The fourth-order valence-corrected chi connectivity index (χ4v) is 4.56. The van der Waals surface area contributed by atoms with Gasteiger partial charge in [0.15, 0.2) is 0 Å². The lowest BCUT2D eigenvalue weighted by atomic mass is 10.0. The van der Waals surface area contributed by atoms with Gasteiger partial charge in [0.05, 0.1) is 24.1 Å². The minimum Gasteiger partial charge on any atom is -0.493 e. The number of hydrogen-bond donors (Lipinski definition) is 1. The molecule has 0 unspecified atom stereocenters. The van der Waals surface area contributed by atoms with Gasteiger partial charge in [-0.25, -0.2) is 5.43 Å². The molecule has 0 spiro atoms. The van der Waals surface area contributed by atoms with E-state index in [4.69, 9.17) is 4.74 Å². The van der Waals surface area contributed by atoms with Gasteiger partial charge in [0.2, 0.25) is 5.91 Å². The number of benzene rings is 3. The third-order valence-electron chi connectivity index (χ3n) is 5.10. The van der Waals surface area contributed by atoms with Crippen molar-refractivity contribution in [2.45, 2.75) is 25.7 Å². The Morgan fingerprint density at radius 3 is 2.75 bits per heavy atom. The Morgan fingerprint density at radius 2 is 1.91 bits per heavy atom. The standard InChI is InChI=1S/C26H25N3O2S/c1-4-31-23-13-12-19-9-5-6-10-20(19)22(23)15-27-29-25(30)16-32-24-14-18(3)28-26-17(2)8-7-11-21(24)26/h5-15H,4,16H2,1-3H3,(H,29,30). The Balaban J connectivity index is 1.48. The number of pyridine rings is 1. The molecule has 0 fully saturated rings. The van der Waals surface area contributed by atoms with Crippen LogP contribution in [0.5, 0.6) is 5.75 Å². The van der Waals surface area contributed by atoms with E-state index in [1.807, 2.05) is 68.4 Å². The average Bonchev–Trinajstić information content (AvgIpc) is 2.79. The van der Waals surface area contributed by atoms with Crippen LogP contribution in [0, 0.1) is 13.8 Å². The van der Waals surface area contributed by atoms with E-state index in [2.05, 4.69) is 28.5 Å². The fourth-order valence-electron chi connectivity index (χ4n) is 3.64. The predicted octanol–water partition coefficient (Wildman–Crippen LogP) is 5.65. The van der Waals surface area contributed by atoms with Crippen molar-refractivity contribution in [2.24, 2.45) is 5.10 Å². The molecule has 5 nitrogen and oxygen atoms in total. The van der Waals surface area contributed by atoms with Crippen LogP contribution in [-0.4, -0.2) is 29.5 Å². The van der Waals surface area contributed by atoms with Crippen molar-refractivity contribution in [2.75, 3.05) is 12.4 Å². The van der Waals surface area contributed by atoms with Crippen LogP contribution >= 0.6 is 11.8 Å². The molecule has 4 aromatic rings. The number of ether oxygens (including phenoxy) is 1. The van der Waals surface area contributed by atoms with E-state index in [1.54, 1.807) is 6.21 Å². The molecule has 1 aromatic heterocycles. The summed E-state index contributed by atoms with van der Waals surface area (Å²) in [6.45, 7) is 6.52. The quantitative estimate of drug-likeness (QED) is 0.228. The molecule has 0 atom stereocenters. The van der Waals surface area contributed by atoms with Crippen LogP contribution in [-0.2, 0) is 4.79 Å². The molecule has 0 aliphatic heterocycles. The van der Waals surface area contributed by atoms with E-state index in [9.17, 15) is 4.79 Å². The highest BCUT2D eigenvalue weighted by Gasteiger charge is 2.10. The van der Waals surface area contributed by atoms with Gasteiger partial charge in [-0.05, 0) is 49.2 Å². The van der Waals surface area contributed by atoms with E-state index in [1.165, 1.54) is 11.8 Å². The summed E-state index contributed by atoms with van der Waals surface area (Å²) < 4.78 is 5.76. The molecule has 0 saturated carbocycles. The third kappa shape index (κ3) is 4.75. The minimum absolute atomic E-state index is 0.167. The normalized spacial score (nSPS) is 11.3. The number of para-hydroxylation sites is 1. The summed E-state index contributed by atoms with van der Waals surface area (Å²) in [6.07, 6.45) is 1.66. The van der Waals surface area contributed by atoms with Gasteiger partial charge in [-0.15, -0.1) is 11.8 Å². The Labute approximate surface area is 191 Å². The summed E-state index contributed by atoms with van der Waals surface area (Å²) in [5.74, 6) is 0.838. The molecular formula is C26H25N3O2S. The number of carbonyl (C=O) groups excluding carboxylic acids is 1. The highest BCUT2D eigenvalue weighted by Crippen LogP contribution is 2.29. The van der Waals surface area contributed by atoms with Crippen LogP contribution in [0.2, 0.25) is 0 Å². The molecule has 1 N–H and O–H groups in total. The lowest BCUT2D eigenvalue weighted by molar-refractivity contribution is -0.118. The van der Waals surface area contributed by atoms with E-state index in [-0.39, 0.29) is 11.7 Å². The van der Waals surface area contributed by atoms with E-state index in [0.717, 1.165) is 49.1 Å². The number of fused-ring (bicyclic) bond motifs is 2. The second-order valence-corrected chi connectivity index (χ2v) is 8.46. The topological polar surface area (TPSA) is 63.6 Å². The van der Waals surface area contributed by atoms with Crippen molar-refractivity contribution in [3.63, 3.8) is 0 Å². The van der Waals surface area contributed by atoms with E-state index >= 15 is 0 Å². The Hall–Kier alpha value is -3.38. The molecular weight excluding hydrogens is 418 g/mol. The molecule has 0 aliphatic rings. The molecule has 32 heavy (non-hydrogen) atoms. The Bertz CT molecular complexity index is 1320. The Kier molecular flexibility index (Phi) is 6.71. The van der Waals surface area contributed by atoms with E-state index in [0.29, 0.717) is 6.61 Å². The zero-order valence-electron chi connectivity index (χ0n) is 18.4. The Morgan fingerprint density at radius 1 is 1.09 bits per heavy atom. The van der Waals surface area contributed by atoms with Gasteiger partial charge in [-0.1, -0.05) is 48.5 Å². The second-order valence-electron chi connectivity index (χ2n) is 7.45. The van der Waals surface area contributed by atoms with Gasteiger partial charge in [0.25, 0.3) is 0 Å². The third-order valence-corrected chi connectivity index (χ3v) is 6.16. The van der Waals surface area contributed by atoms with Crippen LogP contribution < -0.4 is 10.2 Å². The monoisotopic (exact) mass is 443 g/mol. The van der Waals surface area contributed by atoms with Gasteiger partial charge < -0.3 is 4.74 Å². The highest BCUT2D eigenvalue weighted by atomic mass is 32.2. The lowest BCUT2D eigenvalue weighted by Gasteiger charge is -2.10. The summed E-state index contributed by atoms with van der Waals surface area (Å²) in [5.41, 5.74) is 6.54. The van der Waals surface area contributed by atoms with Gasteiger partial charge in [0.1, 0.15) is 5.75 Å². The molecule has 1 heterocycles. The number of hydrazone groups is 1. The molecule has 6 heteroatoms. The molecule has 0 bridgehead atoms. The first-order valence-electron chi connectivity index (χ1n) is 10.5. The summed E-state index contributed by atoms with van der Waals surface area (Å²) in [4.78, 5) is 18.2. The lowest BCUT2D eigenvalue weighted by Crippen LogP contribution is -2.19. The van der Waals surface area contributed by atoms with Crippen molar-refractivity contribution in [1.29, 1.82) is 0 Å². The molecule has 0 aliphatic carbocycles. The van der Waals surface area contributed by atoms with Crippen molar-refractivity contribution in [3.8, 4) is 5.75 Å². The molecule has 162 valence electrons. The first-order chi connectivity index (χ1) is 15.6. The molecule has 0 radical (unpaired) electrons. The molecule has 0 saturated heterocycles. The number of aryl methyl sites for hydroxylation is 2. The minimum atomic E-state index is -0.167. The van der Waals surface area contributed by atoms with E-state index < -0.39 is 0 Å². The van der Waals surface area contributed by atoms with Crippen LogP contribution in [0.25, 0.3) is 21.7 Å². The maximum atomic E-state index is 12.5. The fraction of sp³-hybridized carbons (Fsp3) is 0.192. The maximum absolute atomic E-state index is 12.5. The summed E-state index contributed by atoms with van der Waals surface area (Å²) >= 11 is 1.49. The first-order valence-corrected chi connectivity index (χ1v) is 11.5. The average molecular weight is 444 g/mol. The zero-order valence-corrected chi connectivity index (χ0v) is 19.2. The number of hydrogen-bond acceptors (Lipinski definition) is 5. The highest BCUT2D eigenvalue weighted by molar-refractivity contribution is 8.00. The van der Waals surface area contributed by atoms with Crippen LogP contribution in [0.3, 0.4) is 0 Å². The molecule has 4 rings (SSSR count). The number of amides is 1. The van der Waals surface area contributed by atoms with Gasteiger partial charge in [0, 0.05) is 21.5 Å². The number of thioether (sulfide) groups is 1. The number of nitrogens with one attached hydrogen (secondary N) is 1. The molecule has 1 amide bonds. The largest absolute Gasteiger partial charge is 0.493 e. The predicted molar refractivity (Wildman–Crippen MR) is 133 cm³/mol. The summed E-state index contributed by atoms with van der Waals surface area (Å²) in [6, 6.07) is 20.1. The number of carbonyl (C=O) groups is 1. The number of aromatic nitrogens is 1. The number of rotatable bonds is 7. The van der Waals surface area contributed by atoms with Gasteiger partial charge in [-0.3, -0.25) is 9.78 Å². The maximum Gasteiger partial charge on any atom is 0.250 e. The van der Waals surface area contributed by atoms with Crippen LogP contribution in [0.1, 0.15) is 23.7 Å². The smallest absolute Gasteiger partial charge is 0.250 e. The van der Waals surface area contributed by atoms with Gasteiger partial charge >= 0.3 is 0 Å². The van der Waals surface area contributed by atoms with Crippen LogP contribution in [0.15, 0.2) is 70.7 Å². The summed E-state index contributed by atoms with van der Waals surface area (Å²) in [7, 11) is 0. The second kappa shape index (κ2) is 9.83.